The Morgan fingerprint density at radius 3 is 2.09 bits per heavy atom. The number of rotatable bonds is 10. The van der Waals surface area contributed by atoms with Crippen molar-refractivity contribution in [1.29, 1.82) is 0 Å². The summed E-state index contributed by atoms with van der Waals surface area (Å²) in [5, 5.41) is 9.15. The SMILES string of the molecule is CCCC(=O)OC(CC(CC)OC(C)=O)C(C)C(C)C(=O)O. The first-order valence-corrected chi connectivity index (χ1v) is 7.82. The van der Waals surface area contributed by atoms with Crippen LogP contribution in [0.15, 0.2) is 0 Å². The molecule has 0 aromatic rings. The molecule has 4 atom stereocenters. The number of carboxylic acid groups (broad SMARTS) is 1. The molecule has 0 bridgehead atoms. The zero-order valence-corrected chi connectivity index (χ0v) is 14.1. The Morgan fingerprint density at radius 1 is 1.09 bits per heavy atom. The summed E-state index contributed by atoms with van der Waals surface area (Å²) in [4.78, 5) is 34.0. The molecule has 1 N–H and O–H groups in total. The van der Waals surface area contributed by atoms with Crippen molar-refractivity contribution < 1.29 is 29.0 Å². The summed E-state index contributed by atoms with van der Waals surface area (Å²) in [7, 11) is 0. The molecule has 0 radical (unpaired) electrons. The maximum absolute atomic E-state index is 11.8. The third-order valence-electron chi connectivity index (χ3n) is 3.78. The first kappa shape index (κ1) is 20.4. The Kier molecular flexibility index (Phi) is 9.45. The lowest BCUT2D eigenvalue weighted by atomic mass is 9.87. The van der Waals surface area contributed by atoms with Gasteiger partial charge in [0.2, 0.25) is 0 Å². The average Bonchev–Trinajstić information content (AvgIpc) is 2.43. The van der Waals surface area contributed by atoms with E-state index in [0.29, 0.717) is 19.3 Å². The zero-order valence-electron chi connectivity index (χ0n) is 14.1. The number of hydrogen-bond donors (Lipinski definition) is 1. The molecule has 22 heavy (non-hydrogen) atoms. The lowest BCUT2D eigenvalue weighted by molar-refractivity contribution is -0.162. The molecule has 6 nitrogen and oxygen atoms in total. The summed E-state index contributed by atoms with van der Waals surface area (Å²) in [5.41, 5.74) is 0. The number of hydrogen-bond acceptors (Lipinski definition) is 5. The Hall–Kier alpha value is -1.59. The minimum atomic E-state index is -0.940. The standard InChI is InChI=1S/C16H28O6/c1-6-8-15(18)22-14(10(3)11(4)16(19)20)9-13(7-2)21-12(5)17/h10-11,13-14H,6-9H2,1-5H3,(H,19,20). The second kappa shape index (κ2) is 10.2. The van der Waals surface area contributed by atoms with E-state index < -0.39 is 24.0 Å². The molecule has 0 aliphatic carbocycles. The van der Waals surface area contributed by atoms with Crippen LogP contribution in [0.4, 0.5) is 0 Å². The van der Waals surface area contributed by atoms with Crippen LogP contribution < -0.4 is 0 Å². The van der Waals surface area contributed by atoms with E-state index in [1.165, 1.54) is 6.92 Å². The van der Waals surface area contributed by atoms with Crippen LogP contribution in [0, 0.1) is 11.8 Å². The second-order valence-electron chi connectivity index (χ2n) is 5.64. The van der Waals surface area contributed by atoms with Crippen LogP contribution in [0.2, 0.25) is 0 Å². The van der Waals surface area contributed by atoms with Crippen molar-refractivity contribution in [3.63, 3.8) is 0 Å². The van der Waals surface area contributed by atoms with E-state index in [9.17, 15) is 14.4 Å². The van der Waals surface area contributed by atoms with Gasteiger partial charge in [0.15, 0.2) is 0 Å². The van der Waals surface area contributed by atoms with E-state index in [4.69, 9.17) is 14.6 Å². The van der Waals surface area contributed by atoms with Gasteiger partial charge >= 0.3 is 17.9 Å². The van der Waals surface area contributed by atoms with Crippen molar-refractivity contribution in [2.75, 3.05) is 0 Å². The van der Waals surface area contributed by atoms with Crippen molar-refractivity contribution in [2.24, 2.45) is 11.8 Å². The Balaban J connectivity index is 5.01. The Labute approximate surface area is 132 Å². The molecule has 4 unspecified atom stereocenters. The molecule has 0 rings (SSSR count). The van der Waals surface area contributed by atoms with Crippen molar-refractivity contribution in [3.8, 4) is 0 Å². The fraction of sp³-hybridized carbons (Fsp3) is 0.812. The molecule has 0 aromatic heterocycles. The number of esters is 2. The molecule has 0 aliphatic heterocycles. The van der Waals surface area contributed by atoms with Gasteiger partial charge in [-0.1, -0.05) is 27.7 Å². The minimum absolute atomic E-state index is 0.287. The minimum Gasteiger partial charge on any atom is -0.481 e. The van der Waals surface area contributed by atoms with E-state index in [0.717, 1.165) is 0 Å². The van der Waals surface area contributed by atoms with Crippen LogP contribution in [0.3, 0.4) is 0 Å². The van der Waals surface area contributed by atoms with E-state index in [1.807, 2.05) is 13.8 Å². The fourth-order valence-electron chi connectivity index (χ4n) is 2.14. The van der Waals surface area contributed by atoms with Crippen LogP contribution in [0.1, 0.15) is 60.3 Å². The van der Waals surface area contributed by atoms with Gasteiger partial charge in [0.25, 0.3) is 0 Å². The first-order valence-electron chi connectivity index (χ1n) is 7.82. The summed E-state index contributed by atoms with van der Waals surface area (Å²) < 4.78 is 10.6. The topological polar surface area (TPSA) is 89.9 Å². The van der Waals surface area contributed by atoms with E-state index >= 15 is 0 Å². The predicted molar refractivity (Wildman–Crippen MR) is 81.2 cm³/mol. The van der Waals surface area contributed by atoms with Gasteiger partial charge in [-0.05, 0) is 12.8 Å². The third-order valence-corrected chi connectivity index (χ3v) is 3.78. The average molecular weight is 316 g/mol. The fourth-order valence-corrected chi connectivity index (χ4v) is 2.14. The molecule has 6 heteroatoms. The van der Waals surface area contributed by atoms with Crippen LogP contribution in [-0.4, -0.2) is 35.2 Å². The van der Waals surface area contributed by atoms with Gasteiger partial charge in [-0.25, -0.2) is 0 Å². The quantitative estimate of drug-likeness (QED) is 0.623. The highest BCUT2D eigenvalue weighted by Gasteiger charge is 2.32. The molecule has 0 saturated carbocycles. The summed E-state index contributed by atoms with van der Waals surface area (Å²) in [6.07, 6.45) is 0.861. The Morgan fingerprint density at radius 2 is 1.68 bits per heavy atom. The Bertz CT molecular complexity index is 379. The molecule has 0 aromatic carbocycles. The van der Waals surface area contributed by atoms with Gasteiger partial charge < -0.3 is 14.6 Å². The summed E-state index contributed by atoms with van der Waals surface area (Å²) in [6.45, 7) is 8.38. The largest absolute Gasteiger partial charge is 0.481 e. The van der Waals surface area contributed by atoms with Crippen LogP contribution in [-0.2, 0) is 23.9 Å². The van der Waals surface area contributed by atoms with Crippen molar-refractivity contribution >= 4 is 17.9 Å². The van der Waals surface area contributed by atoms with Crippen molar-refractivity contribution in [1.82, 2.24) is 0 Å². The van der Waals surface area contributed by atoms with Crippen LogP contribution >= 0.6 is 0 Å². The third kappa shape index (κ3) is 7.43. The molecule has 0 heterocycles. The van der Waals surface area contributed by atoms with E-state index in [2.05, 4.69) is 0 Å². The van der Waals surface area contributed by atoms with Crippen molar-refractivity contribution in [3.05, 3.63) is 0 Å². The second-order valence-corrected chi connectivity index (χ2v) is 5.64. The first-order chi connectivity index (χ1) is 10.2. The van der Waals surface area contributed by atoms with Gasteiger partial charge in [0.05, 0.1) is 5.92 Å². The van der Waals surface area contributed by atoms with Crippen LogP contribution in [0.5, 0.6) is 0 Å². The maximum atomic E-state index is 11.8. The van der Waals surface area contributed by atoms with Gasteiger partial charge in [0, 0.05) is 25.7 Å². The summed E-state index contributed by atoms with van der Waals surface area (Å²) in [5.74, 6) is -2.72. The maximum Gasteiger partial charge on any atom is 0.306 e. The monoisotopic (exact) mass is 316 g/mol. The highest BCUT2D eigenvalue weighted by atomic mass is 16.6. The smallest absolute Gasteiger partial charge is 0.306 e. The molecular weight excluding hydrogens is 288 g/mol. The number of aliphatic carboxylic acids is 1. The summed E-state index contributed by atoms with van der Waals surface area (Å²) >= 11 is 0. The number of carbonyl (C=O) groups excluding carboxylic acids is 2. The molecule has 0 saturated heterocycles. The molecule has 0 aliphatic rings. The van der Waals surface area contributed by atoms with Gasteiger partial charge in [-0.2, -0.15) is 0 Å². The predicted octanol–water partition coefficient (Wildman–Crippen LogP) is 2.79. The summed E-state index contributed by atoms with van der Waals surface area (Å²) in [6, 6.07) is 0. The van der Waals surface area contributed by atoms with E-state index in [1.54, 1.807) is 13.8 Å². The lowest BCUT2D eigenvalue weighted by Gasteiger charge is -2.29. The number of carbonyl (C=O) groups is 3. The van der Waals surface area contributed by atoms with E-state index in [-0.39, 0.29) is 24.4 Å². The normalized spacial score (nSPS) is 16.2. The van der Waals surface area contributed by atoms with Gasteiger partial charge in [-0.3, -0.25) is 14.4 Å². The highest BCUT2D eigenvalue weighted by molar-refractivity contribution is 5.71. The highest BCUT2D eigenvalue weighted by Crippen LogP contribution is 2.24. The molecule has 0 fully saturated rings. The molecular formula is C16H28O6. The molecule has 0 amide bonds. The molecule has 0 spiro atoms. The number of carboxylic acids is 1. The number of ether oxygens (including phenoxy) is 2. The van der Waals surface area contributed by atoms with Gasteiger partial charge in [-0.15, -0.1) is 0 Å². The lowest BCUT2D eigenvalue weighted by Crippen LogP contribution is -2.36. The van der Waals surface area contributed by atoms with Crippen molar-refractivity contribution in [2.45, 2.75) is 72.5 Å². The van der Waals surface area contributed by atoms with Gasteiger partial charge in [0.1, 0.15) is 12.2 Å². The zero-order chi connectivity index (χ0) is 17.3. The molecule has 128 valence electrons. The van der Waals surface area contributed by atoms with Crippen LogP contribution in [0.25, 0.3) is 0 Å².